The summed E-state index contributed by atoms with van der Waals surface area (Å²) in [6, 6.07) is 18.0. The van der Waals surface area contributed by atoms with Crippen molar-refractivity contribution in [1.29, 1.82) is 0 Å². The smallest absolute Gasteiger partial charge is 0.274 e. The van der Waals surface area contributed by atoms with Gasteiger partial charge in [-0.1, -0.05) is 18.2 Å². The Morgan fingerprint density at radius 2 is 1.87 bits per heavy atom. The van der Waals surface area contributed by atoms with Gasteiger partial charge in [0.05, 0.1) is 5.69 Å². The fraction of sp³-hybridized carbons (Fsp3) is 0.174. The van der Waals surface area contributed by atoms with Crippen molar-refractivity contribution in [3.63, 3.8) is 0 Å². The SMILES string of the molecule is O=C(Nc1nc(C2CN(c3ccccc3)C2)cs1)c1cccn1Cc1ccncc1. The van der Waals surface area contributed by atoms with Gasteiger partial charge in [0.2, 0.25) is 0 Å². The predicted molar refractivity (Wildman–Crippen MR) is 119 cm³/mol. The van der Waals surface area contributed by atoms with Gasteiger partial charge in [0.25, 0.3) is 5.91 Å². The van der Waals surface area contributed by atoms with Gasteiger partial charge >= 0.3 is 0 Å². The summed E-state index contributed by atoms with van der Waals surface area (Å²) in [5.74, 6) is 0.261. The summed E-state index contributed by atoms with van der Waals surface area (Å²) in [6.45, 7) is 2.53. The van der Waals surface area contributed by atoms with Crippen LogP contribution in [-0.2, 0) is 6.54 Å². The highest BCUT2D eigenvalue weighted by Gasteiger charge is 2.30. The number of aromatic nitrogens is 3. The van der Waals surface area contributed by atoms with Crippen LogP contribution in [0.1, 0.15) is 27.7 Å². The van der Waals surface area contributed by atoms with E-state index in [0.717, 1.165) is 24.3 Å². The van der Waals surface area contributed by atoms with E-state index in [1.807, 2.05) is 41.1 Å². The summed E-state index contributed by atoms with van der Waals surface area (Å²) in [7, 11) is 0. The number of carbonyl (C=O) groups is 1. The lowest BCUT2D eigenvalue weighted by atomic mass is 9.96. The van der Waals surface area contributed by atoms with Crippen molar-refractivity contribution in [2.75, 3.05) is 23.3 Å². The molecule has 0 bridgehead atoms. The largest absolute Gasteiger partial charge is 0.370 e. The highest BCUT2D eigenvalue weighted by molar-refractivity contribution is 7.14. The molecule has 150 valence electrons. The summed E-state index contributed by atoms with van der Waals surface area (Å²) in [6.07, 6.45) is 5.43. The van der Waals surface area contributed by atoms with Gasteiger partial charge in [0.15, 0.2) is 5.13 Å². The molecule has 0 aliphatic carbocycles. The van der Waals surface area contributed by atoms with E-state index >= 15 is 0 Å². The normalized spacial score (nSPS) is 13.8. The Kier molecular flexibility index (Phi) is 5.03. The van der Waals surface area contributed by atoms with Gasteiger partial charge in [-0.3, -0.25) is 15.1 Å². The van der Waals surface area contributed by atoms with Crippen LogP contribution in [0.3, 0.4) is 0 Å². The Morgan fingerprint density at radius 3 is 2.67 bits per heavy atom. The number of anilines is 2. The first-order valence-electron chi connectivity index (χ1n) is 9.87. The molecule has 30 heavy (non-hydrogen) atoms. The van der Waals surface area contributed by atoms with Gasteiger partial charge in [-0.05, 0) is 42.0 Å². The Labute approximate surface area is 178 Å². The quantitative estimate of drug-likeness (QED) is 0.512. The van der Waals surface area contributed by atoms with Crippen molar-refractivity contribution in [2.45, 2.75) is 12.5 Å². The monoisotopic (exact) mass is 415 g/mol. The minimum absolute atomic E-state index is 0.144. The molecule has 0 atom stereocenters. The van der Waals surface area contributed by atoms with Gasteiger partial charge in [0, 0.05) is 55.2 Å². The second-order valence-electron chi connectivity index (χ2n) is 7.35. The summed E-state index contributed by atoms with van der Waals surface area (Å²) < 4.78 is 1.93. The molecule has 4 heterocycles. The molecule has 0 radical (unpaired) electrons. The second-order valence-corrected chi connectivity index (χ2v) is 8.20. The zero-order chi connectivity index (χ0) is 20.3. The number of thiazole rings is 1. The molecule has 5 rings (SSSR count). The van der Waals surface area contributed by atoms with Gasteiger partial charge in [-0.15, -0.1) is 11.3 Å². The lowest BCUT2D eigenvalue weighted by molar-refractivity contribution is 0.101. The van der Waals surface area contributed by atoms with Crippen molar-refractivity contribution >= 4 is 28.1 Å². The summed E-state index contributed by atoms with van der Waals surface area (Å²) in [5, 5.41) is 5.66. The highest BCUT2D eigenvalue weighted by atomic mass is 32.1. The number of hydrogen-bond acceptors (Lipinski definition) is 5. The van der Waals surface area contributed by atoms with E-state index in [1.165, 1.54) is 17.0 Å². The van der Waals surface area contributed by atoms with Crippen LogP contribution in [0, 0.1) is 0 Å². The van der Waals surface area contributed by atoms with Crippen molar-refractivity contribution in [1.82, 2.24) is 14.5 Å². The topological polar surface area (TPSA) is 63.1 Å². The maximum absolute atomic E-state index is 12.8. The number of carbonyl (C=O) groups excluding carboxylic acids is 1. The van der Waals surface area contributed by atoms with E-state index in [1.54, 1.807) is 12.4 Å². The van der Waals surface area contributed by atoms with Crippen LogP contribution in [0.2, 0.25) is 0 Å². The van der Waals surface area contributed by atoms with E-state index in [0.29, 0.717) is 23.3 Å². The molecule has 7 heteroatoms. The first-order valence-corrected chi connectivity index (χ1v) is 10.7. The van der Waals surface area contributed by atoms with Crippen LogP contribution in [0.25, 0.3) is 0 Å². The van der Waals surface area contributed by atoms with Crippen LogP contribution in [-0.4, -0.2) is 33.5 Å². The summed E-state index contributed by atoms with van der Waals surface area (Å²) in [5.41, 5.74) is 4.00. The molecular weight excluding hydrogens is 394 g/mol. The lowest BCUT2D eigenvalue weighted by Gasteiger charge is -2.40. The zero-order valence-corrected chi connectivity index (χ0v) is 17.1. The Balaban J connectivity index is 1.21. The number of amides is 1. The molecule has 1 amide bonds. The zero-order valence-electron chi connectivity index (χ0n) is 16.3. The van der Waals surface area contributed by atoms with Crippen molar-refractivity contribution in [3.05, 3.63) is 95.5 Å². The van der Waals surface area contributed by atoms with E-state index in [4.69, 9.17) is 0 Å². The molecule has 1 fully saturated rings. The Morgan fingerprint density at radius 1 is 1.07 bits per heavy atom. The molecule has 1 saturated heterocycles. The minimum atomic E-state index is -0.144. The molecule has 1 aliphatic heterocycles. The van der Waals surface area contributed by atoms with Crippen LogP contribution in [0.15, 0.2) is 78.6 Å². The number of hydrogen-bond donors (Lipinski definition) is 1. The van der Waals surface area contributed by atoms with E-state index in [9.17, 15) is 4.79 Å². The maximum Gasteiger partial charge on any atom is 0.274 e. The number of para-hydroxylation sites is 1. The molecule has 6 nitrogen and oxygen atoms in total. The maximum atomic E-state index is 12.8. The van der Waals surface area contributed by atoms with Gasteiger partial charge in [0.1, 0.15) is 5.69 Å². The van der Waals surface area contributed by atoms with E-state index in [2.05, 4.69) is 49.8 Å². The molecule has 1 aliphatic rings. The standard InChI is InChI=1S/C23H21N5OS/c29-22(21-7-4-12-27(21)13-17-8-10-24-11-9-17)26-23-25-20(16-30-23)18-14-28(15-18)19-5-2-1-3-6-19/h1-12,16,18H,13-15H2,(H,25,26,29). The number of benzene rings is 1. The number of nitrogens with one attached hydrogen (secondary N) is 1. The number of pyridine rings is 1. The second kappa shape index (κ2) is 8.12. The lowest BCUT2D eigenvalue weighted by Crippen LogP contribution is -2.45. The third-order valence-corrected chi connectivity index (χ3v) is 6.10. The molecule has 4 aromatic rings. The summed E-state index contributed by atoms with van der Waals surface area (Å²) in [4.78, 5) is 23.8. The average Bonchev–Trinajstić information content (AvgIpc) is 3.38. The fourth-order valence-corrected chi connectivity index (χ4v) is 4.44. The van der Waals surface area contributed by atoms with E-state index in [-0.39, 0.29) is 5.91 Å². The Bertz CT molecular complexity index is 1130. The fourth-order valence-electron chi connectivity index (χ4n) is 3.65. The summed E-state index contributed by atoms with van der Waals surface area (Å²) >= 11 is 1.48. The third-order valence-electron chi connectivity index (χ3n) is 5.33. The van der Waals surface area contributed by atoms with Crippen molar-refractivity contribution < 1.29 is 4.79 Å². The van der Waals surface area contributed by atoms with Crippen molar-refractivity contribution in [2.24, 2.45) is 0 Å². The first-order chi connectivity index (χ1) is 14.8. The molecule has 0 unspecified atom stereocenters. The van der Waals surface area contributed by atoms with Gasteiger partial charge < -0.3 is 9.47 Å². The molecular formula is C23H21N5OS. The van der Waals surface area contributed by atoms with Gasteiger partial charge in [-0.2, -0.15) is 0 Å². The van der Waals surface area contributed by atoms with Crippen LogP contribution in [0.5, 0.6) is 0 Å². The van der Waals surface area contributed by atoms with Crippen molar-refractivity contribution in [3.8, 4) is 0 Å². The highest BCUT2D eigenvalue weighted by Crippen LogP contribution is 2.33. The number of nitrogens with zero attached hydrogens (tertiary/aromatic N) is 4. The molecule has 1 N–H and O–H groups in total. The first kappa shape index (κ1) is 18.6. The molecule has 3 aromatic heterocycles. The van der Waals surface area contributed by atoms with Crippen LogP contribution in [0.4, 0.5) is 10.8 Å². The third kappa shape index (κ3) is 3.84. The van der Waals surface area contributed by atoms with Crippen LogP contribution >= 0.6 is 11.3 Å². The molecule has 0 spiro atoms. The average molecular weight is 416 g/mol. The van der Waals surface area contributed by atoms with Gasteiger partial charge in [-0.25, -0.2) is 4.98 Å². The minimum Gasteiger partial charge on any atom is -0.370 e. The Hall–Kier alpha value is -3.45. The predicted octanol–water partition coefficient (Wildman–Crippen LogP) is 4.24. The van der Waals surface area contributed by atoms with E-state index < -0.39 is 0 Å². The van der Waals surface area contributed by atoms with Crippen LogP contribution < -0.4 is 10.2 Å². The number of rotatable bonds is 6. The molecule has 1 aromatic carbocycles. The molecule has 0 saturated carbocycles.